The average molecular weight is 690 g/mol. The smallest absolute Gasteiger partial charge is 0.160 e. The molecule has 0 saturated carbocycles. The topological polar surface area (TPSA) is 38.7 Å². The molecule has 2 atom stereocenters. The molecule has 0 aliphatic heterocycles. The molecule has 2 heterocycles. The number of hydrogen-bond donors (Lipinski definition) is 0. The minimum absolute atomic E-state index is 0.222. The van der Waals surface area contributed by atoms with Gasteiger partial charge in [-0.15, -0.1) is 0 Å². The van der Waals surface area contributed by atoms with Crippen LogP contribution in [-0.2, 0) is 0 Å². The van der Waals surface area contributed by atoms with E-state index in [0.29, 0.717) is 5.82 Å². The highest BCUT2D eigenvalue weighted by atomic mass is 14.9. The number of pyridine rings is 1. The molecule has 0 bridgehead atoms. The van der Waals surface area contributed by atoms with Crippen molar-refractivity contribution in [3.05, 3.63) is 222 Å². The molecular weight excluding hydrogens is 655 g/mol. The van der Waals surface area contributed by atoms with Gasteiger partial charge in [0.15, 0.2) is 5.82 Å². The minimum Gasteiger partial charge on any atom is -0.264 e. The lowest BCUT2D eigenvalue weighted by Gasteiger charge is -2.33. The summed E-state index contributed by atoms with van der Waals surface area (Å²) in [5, 5.41) is 4.98. The molecule has 3 nitrogen and oxygen atoms in total. The van der Waals surface area contributed by atoms with Crippen LogP contribution in [0.4, 0.5) is 0 Å². The Balaban J connectivity index is 1.10. The maximum Gasteiger partial charge on any atom is 0.160 e. The van der Waals surface area contributed by atoms with Crippen molar-refractivity contribution in [3.8, 4) is 45.0 Å². The number of fused-ring (bicyclic) bond motifs is 3. The fraction of sp³-hybridized carbons (Fsp3) is 0.0392. The zero-order valence-electron chi connectivity index (χ0n) is 29.5. The summed E-state index contributed by atoms with van der Waals surface area (Å²) in [6.07, 6.45) is 12.8. The van der Waals surface area contributed by atoms with Crippen LogP contribution in [0, 0.1) is 11.8 Å². The summed E-state index contributed by atoms with van der Waals surface area (Å²) in [4.78, 5) is 14.7. The van der Waals surface area contributed by atoms with Gasteiger partial charge in [0, 0.05) is 40.9 Å². The second-order valence-electron chi connectivity index (χ2n) is 14.0. The third-order valence-electron chi connectivity index (χ3n) is 10.8. The van der Waals surface area contributed by atoms with Crippen LogP contribution < -0.4 is 10.4 Å². The normalized spacial score (nSPS) is 15.9. The highest BCUT2D eigenvalue weighted by Gasteiger charge is 2.31. The van der Waals surface area contributed by atoms with Crippen LogP contribution in [0.2, 0.25) is 0 Å². The Morgan fingerprint density at radius 3 is 1.59 bits per heavy atom. The van der Waals surface area contributed by atoms with E-state index in [1.807, 2.05) is 12.3 Å². The van der Waals surface area contributed by atoms with E-state index in [4.69, 9.17) is 9.97 Å². The van der Waals surface area contributed by atoms with E-state index in [1.54, 1.807) is 6.20 Å². The SMILES string of the molecule is C1=CC2C(c3ccccc3)=c3ccccc3=C(c3ccc(-c4nc(-c5ccc(-c6cccnc6)cc5)cc(-c5ccc6ccccc6c5)n4)cc3)C2C=C1. The molecule has 0 radical (unpaired) electrons. The highest BCUT2D eigenvalue weighted by Crippen LogP contribution is 2.40. The quantitative estimate of drug-likeness (QED) is 0.174. The first-order valence-electron chi connectivity index (χ1n) is 18.5. The van der Waals surface area contributed by atoms with Crippen molar-refractivity contribution < 1.29 is 0 Å². The van der Waals surface area contributed by atoms with Gasteiger partial charge in [-0.1, -0.05) is 170 Å². The first-order valence-corrected chi connectivity index (χ1v) is 18.5. The van der Waals surface area contributed by atoms with Crippen molar-refractivity contribution in [2.45, 2.75) is 0 Å². The molecule has 0 saturated heterocycles. The maximum absolute atomic E-state index is 5.21. The summed E-state index contributed by atoms with van der Waals surface area (Å²) in [5.74, 6) is 1.17. The lowest BCUT2D eigenvalue weighted by atomic mass is 9.70. The van der Waals surface area contributed by atoms with Gasteiger partial charge in [-0.25, -0.2) is 9.97 Å². The summed E-state index contributed by atoms with van der Waals surface area (Å²) in [7, 11) is 0. The number of hydrogen-bond acceptors (Lipinski definition) is 3. The van der Waals surface area contributed by atoms with E-state index >= 15 is 0 Å². The predicted molar refractivity (Wildman–Crippen MR) is 221 cm³/mol. The molecule has 8 aromatic rings. The zero-order chi connectivity index (χ0) is 35.8. The molecule has 54 heavy (non-hydrogen) atoms. The second kappa shape index (κ2) is 13.5. The number of rotatable bonds is 6. The third-order valence-corrected chi connectivity index (χ3v) is 10.8. The lowest BCUT2D eigenvalue weighted by molar-refractivity contribution is 0.686. The van der Waals surface area contributed by atoms with Gasteiger partial charge in [0.05, 0.1) is 11.4 Å². The maximum atomic E-state index is 5.21. The van der Waals surface area contributed by atoms with Crippen molar-refractivity contribution >= 4 is 21.9 Å². The number of benzene rings is 6. The highest BCUT2D eigenvalue weighted by molar-refractivity contribution is 5.88. The Morgan fingerprint density at radius 2 is 0.907 bits per heavy atom. The molecule has 10 rings (SSSR count). The first kappa shape index (κ1) is 31.7. The van der Waals surface area contributed by atoms with Crippen LogP contribution in [0.5, 0.6) is 0 Å². The number of nitrogens with zero attached hydrogens (tertiary/aromatic N) is 3. The van der Waals surface area contributed by atoms with Crippen LogP contribution in [0.1, 0.15) is 11.1 Å². The van der Waals surface area contributed by atoms with E-state index in [0.717, 1.165) is 39.2 Å². The molecule has 0 fully saturated rings. The largest absolute Gasteiger partial charge is 0.264 e. The van der Waals surface area contributed by atoms with Crippen molar-refractivity contribution in [1.82, 2.24) is 15.0 Å². The van der Waals surface area contributed by atoms with Crippen molar-refractivity contribution in [1.29, 1.82) is 0 Å². The molecule has 3 heteroatoms. The summed E-state index contributed by atoms with van der Waals surface area (Å²) >= 11 is 0. The lowest BCUT2D eigenvalue weighted by Crippen LogP contribution is -2.40. The molecule has 2 aliphatic rings. The Labute approximate surface area is 314 Å². The molecule has 0 N–H and O–H groups in total. The van der Waals surface area contributed by atoms with Crippen LogP contribution in [0.15, 0.2) is 200 Å². The van der Waals surface area contributed by atoms with E-state index in [2.05, 4.69) is 187 Å². The van der Waals surface area contributed by atoms with Gasteiger partial charge < -0.3 is 0 Å². The summed E-state index contributed by atoms with van der Waals surface area (Å²) in [5.41, 5.74) is 12.3. The first-order chi connectivity index (χ1) is 26.8. The molecule has 0 spiro atoms. The van der Waals surface area contributed by atoms with Crippen molar-refractivity contribution in [2.75, 3.05) is 0 Å². The van der Waals surface area contributed by atoms with Crippen LogP contribution in [0.25, 0.3) is 66.9 Å². The Morgan fingerprint density at radius 1 is 0.370 bits per heavy atom. The molecule has 6 aromatic carbocycles. The van der Waals surface area contributed by atoms with Gasteiger partial charge in [0.25, 0.3) is 0 Å². The van der Waals surface area contributed by atoms with Gasteiger partial charge >= 0.3 is 0 Å². The molecule has 2 aromatic heterocycles. The van der Waals surface area contributed by atoms with Crippen molar-refractivity contribution in [2.24, 2.45) is 11.8 Å². The average Bonchev–Trinajstić information content (AvgIpc) is 3.26. The summed E-state index contributed by atoms with van der Waals surface area (Å²) < 4.78 is 0. The van der Waals surface area contributed by atoms with Gasteiger partial charge in [0.1, 0.15) is 0 Å². The van der Waals surface area contributed by atoms with E-state index in [9.17, 15) is 0 Å². The predicted octanol–water partition coefficient (Wildman–Crippen LogP) is 10.5. The number of aromatic nitrogens is 3. The van der Waals surface area contributed by atoms with Crippen LogP contribution in [0.3, 0.4) is 0 Å². The fourth-order valence-corrected chi connectivity index (χ4v) is 8.17. The monoisotopic (exact) mass is 689 g/mol. The Hall–Kier alpha value is -6.97. The van der Waals surface area contributed by atoms with Crippen LogP contribution >= 0.6 is 0 Å². The van der Waals surface area contributed by atoms with Crippen molar-refractivity contribution in [3.63, 3.8) is 0 Å². The molecule has 2 aliphatic carbocycles. The van der Waals surface area contributed by atoms with Crippen LogP contribution in [-0.4, -0.2) is 15.0 Å². The molecular formula is C51H35N3. The van der Waals surface area contributed by atoms with Gasteiger partial charge in [-0.05, 0) is 72.8 Å². The Kier molecular flexibility index (Phi) is 7.96. The third kappa shape index (κ3) is 5.77. The number of allylic oxidation sites excluding steroid dienone is 4. The van der Waals surface area contributed by atoms with Gasteiger partial charge in [0.2, 0.25) is 0 Å². The molecule has 0 amide bonds. The Bertz CT molecular complexity index is 2850. The molecule has 2 unspecified atom stereocenters. The van der Waals surface area contributed by atoms with E-state index in [1.165, 1.54) is 43.5 Å². The minimum atomic E-state index is 0.222. The fourth-order valence-electron chi connectivity index (χ4n) is 8.17. The molecule has 254 valence electrons. The summed E-state index contributed by atoms with van der Waals surface area (Å²) in [6, 6.07) is 58.4. The standard InChI is InChI=1S/C51H35N3/c1-2-12-37(13-3-1)49-43-16-6-8-18-45(43)50(46-19-9-7-17-44(46)49)38-25-27-39(28-26-38)51-53-47(36-23-20-35(21-24-36)42-15-10-30-52-33-42)32-48(54-51)41-29-22-34-11-4-5-14-40(34)31-41/h1-33,43,45H. The summed E-state index contributed by atoms with van der Waals surface area (Å²) in [6.45, 7) is 0. The van der Waals surface area contributed by atoms with Gasteiger partial charge in [-0.2, -0.15) is 0 Å². The van der Waals surface area contributed by atoms with E-state index < -0.39 is 0 Å². The van der Waals surface area contributed by atoms with Gasteiger partial charge in [-0.3, -0.25) is 4.98 Å². The second-order valence-corrected chi connectivity index (χ2v) is 14.0. The van der Waals surface area contributed by atoms with E-state index in [-0.39, 0.29) is 11.8 Å². The zero-order valence-corrected chi connectivity index (χ0v) is 29.5.